The fraction of sp³-hybridized carbons (Fsp3) is 0.778. The van der Waals surface area contributed by atoms with Crippen LogP contribution in [0.3, 0.4) is 0 Å². The van der Waals surface area contributed by atoms with Gasteiger partial charge in [-0.25, -0.2) is 4.39 Å². The second kappa shape index (κ2) is 5.53. The smallest absolute Gasteiger partial charge is 0.230 e. The number of aliphatic hydroxyl groups is 2. The summed E-state index contributed by atoms with van der Waals surface area (Å²) in [6.07, 6.45) is -5.50. The van der Waals surface area contributed by atoms with Gasteiger partial charge in [-0.15, -0.1) is 6.58 Å². The zero-order valence-electron chi connectivity index (χ0n) is 8.38. The van der Waals surface area contributed by atoms with Gasteiger partial charge in [0.15, 0.2) is 6.29 Å². The van der Waals surface area contributed by atoms with Crippen LogP contribution < -0.4 is 0 Å². The third kappa shape index (κ3) is 2.73. The van der Waals surface area contributed by atoms with Crippen molar-refractivity contribution < 1.29 is 28.8 Å². The Hall–Kier alpha value is -0.530. The van der Waals surface area contributed by atoms with Crippen LogP contribution in [0.1, 0.15) is 0 Å². The molecule has 1 aliphatic rings. The molecule has 0 spiro atoms. The molecule has 0 bridgehead atoms. The lowest BCUT2D eigenvalue weighted by Crippen LogP contribution is -2.57. The van der Waals surface area contributed by atoms with E-state index in [2.05, 4.69) is 11.3 Å². The molecule has 2 N–H and O–H groups in total. The van der Waals surface area contributed by atoms with E-state index in [4.69, 9.17) is 9.47 Å². The van der Waals surface area contributed by atoms with Gasteiger partial charge in [-0.3, -0.25) is 0 Å². The first kappa shape index (κ1) is 12.5. The molecular weight excluding hydrogens is 207 g/mol. The lowest BCUT2D eigenvalue weighted by Gasteiger charge is -2.38. The van der Waals surface area contributed by atoms with Gasteiger partial charge in [0.2, 0.25) is 6.36 Å². The standard InChI is InChI=1S/C9H15FO5/c1-3-4-14-7-5(11)8(10)15-9(13-2)6(7)12/h3,5-9,11-12H,1,4H2,2H3/t5-,6-,7-,8-,9-/m1/s1. The minimum Gasteiger partial charge on any atom is -0.385 e. The van der Waals surface area contributed by atoms with Crippen molar-refractivity contribution in [2.75, 3.05) is 13.7 Å². The fourth-order valence-corrected chi connectivity index (χ4v) is 1.37. The highest BCUT2D eigenvalue weighted by atomic mass is 19.1. The van der Waals surface area contributed by atoms with Crippen molar-refractivity contribution in [1.82, 2.24) is 0 Å². The normalized spacial score (nSPS) is 41.5. The van der Waals surface area contributed by atoms with Crippen LogP contribution in [0.25, 0.3) is 0 Å². The highest BCUT2D eigenvalue weighted by molar-refractivity contribution is 4.87. The fourth-order valence-electron chi connectivity index (χ4n) is 1.37. The molecule has 5 atom stereocenters. The first-order valence-electron chi connectivity index (χ1n) is 4.52. The van der Waals surface area contributed by atoms with E-state index >= 15 is 0 Å². The second-order valence-electron chi connectivity index (χ2n) is 3.16. The molecule has 1 heterocycles. The SMILES string of the molecule is C=CCO[C@@H]1[C@@H](O)[C@H](F)O[C@@H](OC)[C@@H]1O. The summed E-state index contributed by atoms with van der Waals surface area (Å²) in [5, 5.41) is 19.0. The maximum Gasteiger partial charge on any atom is 0.230 e. The third-order valence-electron chi connectivity index (χ3n) is 2.12. The molecule has 0 aromatic carbocycles. The van der Waals surface area contributed by atoms with Crippen LogP contribution in [-0.2, 0) is 14.2 Å². The summed E-state index contributed by atoms with van der Waals surface area (Å²) in [6, 6.07) is 0. The maximum atomic E-state index is 13.1. The Morgan fingerprint density at radius 1 is 1.47 bits per heavy atom. The number of rotatable bonds is 4. The third-order valence-corrected chi connectivity index (χ3v) is 2.12. The summed E-state index contributed by atoms with van der Waals surface area (Å²) < 4.78 is 27.4. The average Bonchev–Trinajstić information content (AvgIpc) is 2.23. The van der Waals surface area contributed by atoms with Crippen molar-refractivity contribution in [3.63, 3.8) is 0 Å². The monoisotopic (exact) mass is 222 g/mol. The molecule has 0 radical (unpaired) electrons. The highest BCUT2D eigenvalue weighted by Gasteiger charge is 2.45. The zero-order valence-corrected chi connectivity index (χ0v) is 8.38. The lowest BCUT2D eigenvalue weighted by atomic mass is 10.0. The number of alkyl halides is 1. The first-order chi connectivity index (χ1) is 7.11. The molecule has 0 unspecified atom stereocenters. The topological polar surface area (TPSA) is 68.2 Å². The molecule has 5 nitrogen and oxygen atoms in total. The number of hydrogen-bond acceptors (Lipinski definition) is 5. The van der Waals surface area contributed by atoms with E-state index in [1.54, 1.807) is 0 Å². The van der Waals surface area contributed by atoms with Gasteiger partial charge in [-0.2, -0.15) is 0 Å². The van der Waals surface area contributed by atoms with E-state index < -0.39 is 31.0 Å². The Labute approximate surface area is 87.1 Å². The minimum absolute atomic E-state index is 0.0991. The number of hydrogen-bond donors (Lipinski definition) is 2. The van der Waals surface area contributed by atoms with Gasteiger partial charge in [-0.1, -0.05) is 6.08 Å². The number of ether oxygens (including phenoxy) is 3. The minimum atomic E-state index is -1.94. The van der Waals surface area contributed by atoms with Gasteiger partial charge < -0.3 is 24.4 Å². The van der Waals surface area contributed by atoms with Gasteiger partial charge in [-0.05, 0) is 0 Å². The van der Waals surface area contributed by atoms with Gasteiger partial charge in [0.05, 0.1) is 6.61 Å². The number of halogens is 1. The molecule has 1 fully saturated rings. The van der Waals surface area contributed by atoms with Gasteiger partial charge in [0.1, 0.15) is 18.3 Å². The van der Waals surface area contributed by atoms with Crippen LogP contribution >= 0.6 is 0 Å². The molecule has 0 saturated carbocycles. The Kier molecular flexibility index (Phi) is 4.62. The van der Waals surface area contributed by atoms with Crippen molar-refractivity contribution >= 4 is 0 Å². The Morgan fingerprint density at radius 3 is 2.67 bits per heavy atom. The van der Waals surface area contributed by atoms with E-state index in [9.17, 15) is 14.6 Å². The first-order valence-corrected chi connectivity index (χ1v) is 4.52. The summed E-state index contributed by atoms with van der Waals surface area (Å²) in [4.78, 5) is 0. The van der Waals surface area contributed by atoms with Crippen LogP contribution in [0, 0.1) is 0 Å². The molecule has 1 aliphatic heterocycles. The van der Waals surface area contributed by atoms with Crippen molar-refractivity contribution in [1.29, 1.82) is 0 Å². The van der Waals surface area contributed by atoms with Crippen LogP contribution in [0.15, 0.2) is 12.7 Å². The van der Waals surface area contributed by atoms with Crippen LogP contribution in [-0.4, -0.2) is 54.9 Å². The molecule has 1 saturated heterocycles. The molecule has 1 rings (SSSR count). The Balaban J connectivity index is 2.65. The van der Waals surface area contributed by atoms with Gasteiger partial charge in [0.25, 0.3) is 0 Å². The summed E-state index contributed by atoms with van der Waals surface area (Å²) in [6.45, 7) is 3.51. The van der Waals surface area contributed by atoms with Crippen LogP contribution in [0.2, 0.25) is 0 Å². The average molecular weight is 222 g/mol. The van der Waals surface area contributed by atoms with Crippen molar-refractivity contribution in [3.05, 3.63) is 12.7 Å². The molecule has 15 heavy (non-hydrogen) atoms. The van der Waals surface area contributed by atoms with Crippen molar-refractivity contribution in [3.8, 4) is 0 Å². The van der Waals surface area contributed by atoms with Crippen molar-refractivity contribution in [2.45, 2.75) is 31.0 Å². The lowest BCUT2D eigenvalue weighted by molar-refractivity contribution is -0.321. The Morgan fingerprint density at radius 2 is 2.13 bits per heavy atom. The van der Waals surface area contributed by atoms with E-state index in [-0.39, 0.29) is 6.61 Å². The molecule has 0 aromatic heterocycles. The largest absolute Gasteiger partial charge is 0.385 e. The molecule has 6 heteroatoms. The summed E-state index contributed by atoms with van der Waals surface area (Å²) >= 11 is 0. The van der Waals surface area contributed by atoms with E-state index in [1.807, 2.05) is 0 Å². The molecule has 0 aliphatic carbocycles. The van der Waals surface area contributed by atoms with Gasteiger partial charge in [0, 0.05) is 7.11 Å². The molecule has 0 aromatic rings. The maximum absolute atomic E-state index is 13.1. The zero-order chi connectivity index (χ0) is 11.4. The predicted octanol–water partition coefficient (Wildman–Crippen LogP) is -0.422. The molecule has 88 valence electrons. The summed E-state index contributed by atoms with van der Waals surface area (Å²) in [5.41, 5.74) is 0. The highest BCUT2D eigenvalue weighted by Crippen LogP contribution is 2.24. The quantitative estimate of drug-likeness (QED) is 0.632. The van der Waals surface area contributed by atoms with Crippen molar-refractivity contribution in [2.24, 2.45) is 0 Å². The van der Waals surface area contributed by atoms with E-state index in [1.165, 1.54) is 13.2 Å². The van der Waals surface area contributed by atoms with E-state index in [0.29, 0.717) is 0 Å². The summed E-state index contributed by atoms with van der Waals surface area (Å²) in [5.74, 6) is 0. The molecular formula is C9H15FO5. The van der Waals surface area contributed by atoms with Crippen LogP contribution in [0.4, 0.5) is 4.39 Å². The Bertz CT molecular complexity index is 213. The van der Waals surface area contributed by atoms with Crippen LogP contribution in [0.5, 0.6) is 0 Å². The van der Waals surface area contributed by atoms with Gasteiger partial charge >= 0.3 is 0 Å². The second-order valence-corrected chi connectivity index (χ2v) is 3.16. The summed E-state index contributed by atoms with van der Waals surface area (Å²) in [7, 11) is 1.27. The van der Waals surface area contributed by atoms with E-state index in [0.717, 1.165) is 0 Å². The predicted molar refractivity (Wildman–Crippen MR) is 48.7 cm³/mol. The number of methoxy groups -OCH3 is 1. The number of aliphatic hydroxyl groups excluding tert-OH is 2. The molecule has 0 amide bonds.